The maximum Gasteiger partial charge on any atom is 0.261 e. The summed E-state index contributed by atoms with van der Waals surface area (Å²) in [5.74, 6) is 0.781. The van der Waals surface area contributed by atoms with E-state index in [-0.39, 0.29) is 5.56 Å². The molecule has 3 aromatic carbocycles. The summed E-state index contributed by atoms with van der Waals surface area (Å²) < 4.78 is 6.92. The van der Waals surface area contributed by atoms with Gasteiger partial charge in [-0.1, -0.05) is 42.5 Å². The molecule has 39 heavy (non-hydrogen) atoms. The van der Waals surface area contributed by atoms with Gasteiger partial charge in [-0.2, -0.15) is 5.26 Å². The second-order valence-corrected chi connectivity index (χ2v) is 10.2. The monoisotopic (exact) mass is 515 g/mol. The second kappa shape index (κ2) is 10.3. The summed E-state index contributed by atoms with van der Waals surface area (Å²) in [6, 6.07) is 26.3. The highest BCUT2D eigenvalue weighted by Gasteiger charge is 2.37. The zero-order chi connectivity index (χ0) is 26.8. The number of methoxy groups -OCH3 is 1. The van der Waals surface area contributed by atoms with Crippen molar-refractivity contribution < 1.29 is 4.74 Å². The van der Waals surface area contributed by atoms with E-state index in [1.54, 1.807) is 24.2 Å². The molecule has 3 heterocycles. The van der Waals surface area contributed by atoms with Gasteiger partial charge in [0.05, 0.1) is 42.6 Å². The molecule has 0 N–H and O–H groups in total. The lowest BCUT2D eigenvalue weighted by Crippen LogP contribution is -2.42. The van der Waals surface area contributed by atoms with Crippen LogP contribution in [0.15, 0.2) is 90.1 Å². The second-order valence-electron chi connectivity index (χ2n) is 10.2. The molecule has 1 fully saturated rings. The summed E-state index contributed by atoms with van der Waals surface area (Å²) in [5.41, 5.74) is 3.07. The molecular weight excluding hydrogens is 486 g/mol. The maximum atomic E-state index is 13.7. The van der Waals surface area contributed by atoms with Gasteiger partial charge in [0.15, 0.2) is 0 Å². The first kappa shape index (κ1) is 24.8. The number of hydrogen-bond donors (Lipinski definition) is 0. The van der Waals surface area contributed by atoms with Crippen molar-refractivity contribution in [2.45, 2.75) is 31.3 Å². The van der Waals surface area contributed by atoms with Crippen LogP contribution in [0, 0.1) is 11.3 Å². The van der Waals surface area contributed by atoms with Gasteiger partial charge in [-0.05, 0) is 59.7 Å². The first-order chi connectivity index (χ1) is 19.1. The van der Waals surface area contributed by atoms with Crippen molar-refractivity contribution in [1.82, 2.24) is 19.4 Å². The van der Waals surface area contributed by atoms with Crippen LogP contribution < -0.4 is 10.3 Å². The fraction of sp³-hybridized carbons (Fsp3) is 0.250. The van der Waals surface area contributed by atoms with Crippen LogP contribution in [0.3, 0.4) is 0 Å². The van der Waals surface area contributed by atoms with E-state index >= 15 is 0 Å². The van der Waals surface area contributed by atoms with Gasteiger partial charge in [-0.25, -0.2) is 4.98 Å². The molecule has 0 bridgehead atoms. The minimum Gasteiger partial charge on any atom is -0.497 e. The lowest BCUT2D eigenvalue weighted by atomic mass is 9.76. The average Bonchev–Trinajstić information content (AvgIpc) is 3.00. The summed E-state index contributed by atoms with van der Waals surface area (Å²) in [6.07, 6.45) is 4.85. The molecule has 1 aliphatic heterocycles. The molecule has 7 nitrogen and oxygen atoms in total. The van der Waals surface area contributed by atoms with E-state index in [1.807, 2.05) is 66.7 Å². The smallest absolute Gasteiger partial charge is 0.261 e. The summed E-state index contributed by atoms with van der Waals surface area (Å²) >= 11 is 0. The Hall–Kier alpha value is -4.54. The van der Waals surface area contributed by atoms with Crippen molar-refractivity contribution in [3.05, 3.63) is 112 Å². The highest BCUT2D eigenvalue weighted by Crippen LogP contribution is 2.35. The highest BCUT2D eigenvalue weighted by molar-refractivity contribution is 6.06. The van der Waals surface area contributed by atoms with Crippen LogP contribution in [0.5, 0.6) is 5.75 Å². The number of aromatic nitrogens is 3. The Morgan fingerprint density at radius 2 is 1.67 bits per heavy atom. The number of benzene rings is 3. The molecule has 1 aliphatic rings. The molecule has 0 saturated carbocycles. The van der Waals surface area contributed by atoms with Crippen LogP contribution in [0.1, 0.15) is 29.7 Å². The van der Waals surface area contributed by atoms with Crippen molar-refractivity contribution >= 4 is 21.7 Å². The van der Waals surface area contributed by atoms with Crippen molar-refractivity contribution in [2.24, 2.45) is 0 Å². The zero-order valence-corrected chi connectivity index (χ0v) is 21.9. The number of nitrogens with zero attached hydrogens (tertiary/aromatic N) is 5. The number of ether oxygens (including phenoxy) is 1. The Labute approximate surface area is 226 Å². The standard InChI is InChI=1S/C32H29N5O2/c1-39-25-11-9-23(10-12-25)19-37-22-35-30-27-7-3-2-6-26(27)24(18-28(30)31(37)38)20-36-16-13-32(21-33,14-17-36)29-8-4-5-15-34-29/h2-12,15,18,22H,13-14,16-17,19-20H2,1H3. The number of pyridine rings is 1. The molecule has 7 heteroatoms. The number of likely N-dealkylation sites (tertiary alicyclic amines) is 1. The zero-order valence-electron chi connectivity index (χ0n) is 21.9. The molecule has 0 spiro atoms. The lowest BCUT2D eigenvalue weighted by Gasteiger charge is -2.37. The minimum absolute atomic E-state index is 0.0554. The molecular formula is C32H29N5O2. The fourth-order valence-electron chi connectivity index (χ4n) is 5.65. The fourth-order valence-corrected chi connectivity index (χ4v) is 5.65. The molecule has 0 unspecified atom stereocenters. The van der Waals surface area contributed by atoms with Crippen molar-refractivity contribution in [3.8, 4) is 11.8 Å². The SMILES string of the molecule is COc1ccc(Cn2cnc3c(cc(CN4CCC(C#N)(c5ccccn5)CC4)c4ccccc43)c2=O)cc1. The Kier molecular flexibility index (Phi) is 6.55. The largest absolute Gasteiger partial charge is 0.497 e. The van der Waals surface area contributed by atoms with Crippen LogP contribution in [0.4, 0.5) is 0 Å². The van der Waals surface area contributed by atoms with Gasteiger partial charge in [0.25, 0.3) is 5.56 Å². The van der Waals surface area contributed by atoms with E-state index in [2.05, 4.69) is 22.0 Å². The van der Waals surface area contributed by atoms with Gasteiger partial charge in [-0.15, -0.1) is 0 Å². The van der Waals surface area contributed by atoms with E-state index in [4.69, 9.17) is 9.72 Å². The maximum absolute atomic E-state index is 13.7. The van der Waals surface area contributed by atoms with Crippen molar-refractivity contribution in [2.75, 3.05) is 20.2 Å². The number of fused-ring (bicyclic) bond motifs is 3. The molecule has 0 aliphatic carbocycles. The van der Waals surface area contributed by atoms with Gasteiger partial charge >= 0.3 is 0 Å². The van der Waals surface area contributed by atoms with E-state index in [9.17, 15) is 10.1 Å². The van der Waals surface area contributed by atoms with Crippen LogP contribution in [0.25, 0.3) is 21.7 Å². The molecule has 0 atom stereocenters. The van der Waals surface area contributed by atoms with Gasteiger partial charge < -0.3 is 4.74 Å². The molecule has 1 saturated heterocycles. The van der Waals surface area contributed by atoms with Crippen LogP contribution in [-0.2, 0) is 18.5 Å². The molecule has 2 aromatic heterocycles. The number of rotatable bonds is 6. The quantitative estimate of drug-likeness (QED) is 0.294. The minimum atomic E-state index is -0.553. The molecule has 0 radical (unpaired) electrons. The number of nitriles is 1. The summed E-state index contributed by atoms with van der Waals surface area (Å²) in [4.78, 5) is 25.3. The summed E-state index contributed by atoms with van der Waals surface area (Å²) in [5, 5.41) is 12.8. The number of piperidine rings is 1. The normalized spacial score (nSPS) is 15.3. The lowest BCUT2D eigenvalue weighted by molar-refractivity contribution is 0.177. The Bertz CT molecular complexity index is 1730. The third-order valence-corrected chi connectivity index (χ3v) is 7.90. The third-order valence-electron chi connectivity index (χ3n) is 7.90. The Morgan fingerprint density at radius 3 is 2.36 bits per heavy atom. The molecule has 6 rings (SSSR count). The number of hydrogen-bond acceptors (Lipinski definition) is 6. The van der Waals surface area contributed by atoms with E-state index in [0.29, 0.717) is 18.5 Å². The van der Waals surface area contributed by atoms with E-state index < -0.39 is 5.41 Å². The topological polar surface area (TPSA) is 84.0 Å². The van der Waals surface area contributed by atoms with Gasteiger partial charge in [0, 0.05) is 31.2 Å². The Morgan fingerprint density at radius 1 is 0.923 bits per heavy atom. The van der Waals surface area contributed by atoms with Gasteiger partial charge in [-0.3, -0.25) is 19.2 Å². The summed E-state index contributed by atoms with van der Waals surface area (Å²) in [7, 11) is 1.64. The summed E-state index contributed by atoms with van der Waals surface area (Å²) in [6.45, 7) is 2.70. The van der Waals surface area contributed by atoms with E-state index in [1.165, 1.54) is 0 Å². The first-order valence-electron chi connectivity index (χ1n) is 13.2. The van der Waals surface area contributed by atoms with Crippen LogP contribution in [0.2, 0.25) is 0 Å². The van der Waals surface area contributed by atoms with E-state index in [0.717, 1.165) is 64.8 Å². The van der Waals surface area contributed by atoms with Crippen LogP contribution in [-0.4, -0.2) is 39.6 Å². The first-order valence-corrected chi connectivity index (χ1v) is 13.2. The highest BCUT2D eigenvalue weighted by atomic mass is 16.5. The van der Waals surface area contributed by atoms with Crippen molar-refractivity contribution in [1.29, 1.82) is 5.26 Å². The average molecular weight is 516 g/mol. The van der Waals surface area contributed by atoms with Crippen LogP contribution >= 0.6 is 0 Å². The molecule has 5 aromatic rings. The van der Waals surface area contributed by atoms with Gasteiger partial charge in [0.1, 0.15) is 11.2 Å². The third kappa shape index (κ3) is 4.64. The van der Waals surface area contributed by atoms with Gasteiger partial charge in [0.2, 0.25) is 0 Å². The predicted molar refractivity (Wildman–Crippen MR) is 152 cm³/mol. The Balaban J connectivity index is 1.32. The van der Waals surface area contributed by atoms with Crippen molar-refractivity contribution in [3.63, 3.8) is 0 Å². The predicted octanol–water partition coefficient (Wildman–Crippen LogP) is 5.06. The molecule has 0 amide bonds. The molecule has 194 valence electrons.